The van der Waals surface area contributed by atoms with Gasteiger partial charge in [-0.2, -0.15) is 0 Å². The molecule has 1 aliphatic rings. The van der Waals surface area contributed by atoms with Gasteiger partial charge >= 0.3 is 0 Å². The number of para-hydroxylation sites is 1. The third-order valence-corrected chi connectivity index (χ3v) is 2.07. The Labute approximate surface area is 88.4 Å². The highest BCUT2D eigenvalue weighted by atomic mass is 16.6. The number of methoxy groups -OCH3 is 1. The quantitative estimate of drug-likeness (QED) is 0.418. The van der Waals surface area contributed by atoms with Gasteiger partial charge in [-0.3, -0.25) is 0 Å². The van der Waals surface area contributed by atoms with Gasteiger partial charge in [-0.25, -0.2) is 0 Å². The van der Waals surface area contributed by atoms with E-state index < -0.39 is 0 Å². The zero-order valence-corrected chi connectivity index (χ0v) is 8.55. The minimum absolute atomic E-state index is 0.155. The molecule has 0 aromatic heterocycles. The fourth-order valence-electron chi connectivity index (χ4n) is 1.18. The van der Waals surface area contributed by atoms with Crippen LogP contribution in [-0.4, -0.2) is 26.0 Å². The van der Waals surface area contributed by atoms with Crippen LogP contribution in [-0.2, 0) is 16.2 Å². The van der Waals surface area contributed by atoms with Gasteiger partial charge in [-0.15, -0.1) is 0 Å². The molecule has 1 unspecified atom stereocenters. The molecule has 1 aromatic carbocycles. The number of hydrogen-bond acceptors (Lipinski definition) is 4. The van der Waals surface area contributed by atoms with Crippen LogP contribution in [0.3, 0.4) is 0 Å². The molecule has 15 heavy (non-hydrogen) atoms. The van der Waals surface area contributed by atoms with Gasteiger partial charge < -0.3 is 14.3 Å². The fraction of sp³-hybridized carbons (Fsp3) is 0.364. The Morgan fingerprint density at radius 1 is 1.53 bits per heavy atom. The Morgan fingerprint density at radius 3 is 3.07 bits per heavy atom. The van der Waals surface area contributed by atoms with Crippen LogP contribution < -0.4 is 4.74 Å². The zero-order valence-electron chi connectivity index (χ0n) is 8.55. The van der Waals surface area contributed by atoms with Crippen molar-refractivity contribution in [3.8, 4) is 5.75 Å². The summed E-state index contributed by atoms with van der Waals surface area (Å²) in [6.07, 6.45) is 1.82. The van der Waals surface area contributed by atoms with Crippen molar-refractivity contribution >= 4 is 6.21 Å². The summed E-state index contributed by atoms with van der Waals surface area (Å²) in [6.45, 7) is 1.16. The highest BCUT2D eigenvalue weighted by Crippen LogP contribution is 2.18. The zero-order chi connectivity index (χ0) is 10.5. The number of oxime groups is 1. The molecular weight excluding hydrogens is 194 g/mol. The van der Waals surface area contributed by atoms with Crippen LogP contribution in [0, 0.1) is 0 Å². The number of epoxide rings is 1. The number of benzene rings is 1. The Morgan fingerprint density at radius 2 is 2.33 bits per heavy atom. The van der Waals surface area contributed by atoms with E-state index in [0.717, 1.165) is 17.9 Å². The predicted octanol–water partition coefficient (Wildman–Crippen LogP) is 1.60. The van der Waals surface area contributed by atoms with E-state index in [0.29, 0.717) is 6.61 Å². The van der Waals surface area contributed by atoms with Gasteiger partial charge in [0.2, 0.25) is 0 Å². The molecule has 0 aliphatic carbocycles. The molecule has 1 atom stereocenters. The van der Waals surface area contributed by atoms with Gasteiger partial charge in [0.25, 0.3) is 0 Å². The van der Waals surface area contributed by atoms with Crippen molar-refractivity contribution in [1.82, 2.24) is 0 Å². The first kappa shape index (κ1) is 9.98. The number of rotatable bonds is 5. The van der Waals surface area contributed by atoms with E-state index >= 15 is 0 Å². The van der Waals surface area contributed by atoms with Crippen LogP contribution in [0.5, 0.6) is 5.75 Å². The van der Waals surface area contributed by atoms with Crippen molar-refractivity contribution in [2.75, 3.05) is 13.7 Å². The van der Waals surface area contributed by atoms with Crippen molar-refractivity contribution in [2.24, 2.45) is 5.16 Å². The maximum Gasteiger partial charge on any atom is 0.145 e. The molecule has 4 heteroatoms. The smallest absolute Gasteiger partial charge is 0.145 e. The summed E-state index contributed by atoms with van der Waals surface area (Å²) in [5, 5.41) is 3.80. The molecule has 0 saturated carbocycles. The van der Waals surface area contributed by atoms with Crippen LogP contribution in [0.25, 0.3) is 0 Å². The Balaban J connectivity index is 1.85. The molecular formula is C11H13NO3. The van der Waals surface area contributed by atoms with E-state index in [1.54, 1.807) is 13.3 Å². The average molecular weight is 207 g/mol. The molecule has 0 amide bonds. The second-order valence-corrected chi connectivity index (χ2v) is 3.21. The molecule has 1 aliphatic heterocycles. The molecule has 80 valence electrons. The van der Waals surface area contributed by atoms with Crippen molar-refractivity contribution < 1.29 is 14.3 Å². The van der Waals surface area contributed by atoms with E-state index in [1.165, 1.54) is 0 Å². The van der Waals surface area contributed by atoms with Crippen LogP contribution in [0.2, 0.25) is 0 Å². The van der Waals surface area contributed by atoms with Crippen LogP contribution >= 0.6 is 0 Å². The van der Waals surface area contributed by atoms with E-state index in [2.05, 4.69) is 5.16 Å². The monoisotopic (exact) mass is 207 g/mol. The Hall–Kier alpha value is -1.55. The fourth-order valence-corrected chi connectivity index (χ4v) is 1.18. The van der Waals surface area contributed by atoms with Gasteiger partial charge in [0, 0.05) is 5.56 Å². The second kappa shape index (κ2) is 4.79. The largest absolute Gasteiger partial charge is 0.496 e. The summed E-state index contributed by atoms with van der Waals surface area (Å²) in [5.74, 6) is 0.815. The van der Waals surface area contributed by atoms with Crippen LogP contribution in [0.4, 0.5) is 0 Å². The lowest BCUT2D eigenvalue weighted by Gasteiger charge is -2.05. The lowest BCUT2D eigenvalue weighted by Crippen LogP contribution is -1.94. The SMILES string of the molecule is COc1ccccc1CO/N=C/C1CO1. The summed E-state index contributed by atoms with van der Waals surface area (Å²) in [6, 6.07) is 7.70. The topological polar surface area (TPSA) is 43.4 Å². The van der Waals surface area contributed by atoms with E-state index in [1.807, 2.05) is 24.3 Å². The van der Waals surface area contributed by atoms with Gasteiger partial charge in [-0.05, 0) is 6.07 Å². The maximum atomic E-state index is 5.18. The summed E-state index contributed by atoms with van der Waals surface area (Å²) in [5.41, 5.74) is 0.980. The standard InChI is InChI=1S/C11H13NO3/c1-13-11-5-3-2-4-9(11)7-15-12-6-10-8-14-10/h2-6,10H,7-8H2,1H3/b12-6+. The summed E-state index contributed by atoms with van der Waals surface area (Å²) < 4.78 is 10.1. The molecule has 1 heterocycles. The first-order valence-electron chi connectivity index (χ1n) is 4.79. The van der Waals surface area contributed by atoms with Gasteiger partial charge in [0.1, 0.15) is 18.5 Å². The minimum Gasteiger partial charge on any atom is -0.496 e. The molecule has 1 aromatic rings. The number of nitrogens with zero attached hydrogens (tertiary/aromatic N) is 1. The summed E-state index contributed by atoms with van der Waals surface area (Å²) >= 11 is 0. The summed E-state index contributed by atoms with van der Waals surface area (Å²) in [4.78, 5) is 5.12. The predicted molar refractivity (Wildman–Crippen MR) is 56.0 cm³/mol. The highest BCUT2D eigenvalue weighted by molar-refractivity contribution is 5.64. The average Bonchev–Trinajstić information content (AvgIpc) is 3.09. The third kappa shape index (κ3) is 2.95. The molecule has 0 bridgehead atoms. The van der Waals surface area contributed by atoms with E-state index in [-0.39, 0.29) is 6.10 Å². The lowest BCUT2D eigenvalue weighted by atomic mass is 10.2. The van der Waals surface area contributed by atoms with Crippen molar-refractivity contribution in [1.29, 1.82) is 0 Å². The van der Waals surface area contributed by atoms with Gasteiger partial charge in [0.15, 0.2) is 0 Å². The van der Waals surface area contributed by atoms with Crippen LogP contribution in [0.15, 0.2) is 29.4 Å². The summed E-state index contributed by atoms with van der Waals surface area (Å²) in [7, 11) is 1.64. The third-order valence-electron chi connectivity index (χ3n) is 2.07. The Bertz CT molecular complexity index is 347. The highest BCUT2D eigenvalue weighted by Gasteiger charge is 2.19. The first-order chi connectivity index (χ1) is 7.40. The molecule has 2 rings (SSSR count). The second-order valence-electron chi connectivity index (χ2n) is 3.21. The Kier molecular flexibility index (Phi) is 3.19. The first-order valence-corrected chi connectivity index (χ1v) is 4.79. The molecule has 0 N–H and O–H groups in total. The maximum absolute atomic E-state index is 5.18. The van der Waals surface area contributed by atoms with Crippen molar-refractivity contribution in [3.05, 3.63) is 29.8 Å². The van der Waals surface area contributed by atoms with Gasteiger partial charge in [-0.1, -0.05) is 23.4 Å². The van der Waals surface area contributed by atoms with Crippen LogP contribution in [0.1, 0.15) is 5.56 Å². The van der Waals surface area contributed by atoms with E-state index in [9.17, 15) is 0 Å². The van der Waals surface area contributed by atoms with Crippen molar-refractivity contribution in [2.45, 2.75) is 12.7 Å². The number of ether oxygens (including phenoxy) is 2. The minimum atomic E-state index is 0.155. The number of hydrogen-bond donors (Lipinski definition) is 0. The molecule has 1 saturated heterocycles. The molecule has 1 fully saturated rings. The normalized spacial score (nSPS) is 19.1. The lowest BCUT2D eigenvalue weighted by molar-refractivity contribution is 0.129. The molecule has 0 radical (unpaired) electrons. The van der Waals surface area contributed by atoms with Gasteiger partial charge in [0.05, 0.1) is 19.9 Å². The van der Waals surface area contributed by atoms with E-state index in [4.69, 9.17) is 14.3 Å². The molecule has 0 spiro atoms. The van der Waals surface area contributed by atoms with Crippen molar-refractivity contribution in [3.63, 3.8) is 0 Å². The molecule has 4 nitrogen and oxygen atoms in total.